The average molecular weight is 266 g/mol. The summed E-state index contributed by atoms with van der Waals surface area (Å²) in [6.45, 7) is 0. The highest BCUT2D eigenvalue weighted by Crippen LogP contribution is 2.12. The van der Waals surface area contributed by atoms with Crippen LogP contribution >= 0.6 is 0 Å². The Bertz CT molecular complexity index is 631. The van der Waals surface area contributed by atoms with Gasteiger partial charge in [0.25, 0.3) is 0 Å². The Labute approximate surface area is 105 Å². The molecule has 96 valence electrons. The van der Waals surface area contributed by atoms with Crippen LogP contribution in [0.4, 0.5) is 11.4 Å². The first kappa shape index (κ1) is 12.4. The van der Waals surface area contributed by atoms with Gasteiger partial charge in [0.2, 0.25) is 10.0 Å². The number of nitrogen functional groups attached to an aromatic ring is 1. The molecule has 1 aromatic carbocycles. The van der Waals surface area contributed by atoms with Crippen molar-refractivity contribution in [1.82, 2.24) is 9.78 Å². The van der Waals surface area contributed by atoms with Gasteiger partial charge in [-0.2, -0.15) is 5.10 Å². The van der Waals surface area contributed by atoms with Gasteiger partial charge in [-0.3, -0.25) is 9.40 Å². The molecule has 18 heavy (non-hydrogen) atoms. The predicted octanol–water partition coefficient (Wildman–Crippen LogP) is 0.944. The average Bonchev–Trinajstić information content (AvgIpc) is 2.66. The number of hydrogen-bond acceptors (Lipinski definition) is 4. The van der Waals surface area contributed by atoms with E-state index < -0.39 is 10.0 Å². The second-order valence-corrected chi connectivity index (χ2v) is 5.73. The molecule has 3 N–H and O–H groups in total. The van der Waals surface area contributed by atoms with Crippen LogP contribution in [0.25, 0.3) is 0 Å². The number of nitrogens with two attached hydrogens (primary N) is 1. The van der Waals surface area contributed by atoms with Crippen LogP contribution in [0.1, 0.15) is 5.56 Å². The first-order chi connectivity index (χ1) is 8.44. The Balaban J connectivity index is 2.10. The molecule has 1 aromatic heterocycles. The van der Waals surface area contributed by atoms with Crippen molar-refractivity contribution in [3.8, 4) is 0 Å². The van der Waals surface area contributed by atoms with Gasteiger partial charge < -0.3 is 5.73 Å². The van der Waals surface area contributed by atoms with Gasteiger partial charge in [0.05, 0.1) is 17.6 Å². The van der Waals surface area contributed by atoms with Crippen LogP contribution in [0.3, 0.4) is 0 Å². The van der Waals surface area contributed by atoms with E-state index in [2.05, 4.69) is 9.82 Å². The van der Waals surface area contributed by atoms with Crippen LogP contribution in [0.15, 0.2) is 36.7 Å². The first-order valence-electron chi connectivity index (χ1n) is 5.28. The fourth-order valence-corrected chi connectivity index (χ4v) is 2.69. The van der Waals surface area contributed by atoms with Crippen molar-refractivity contribution < 1.29 is 8.42 Å². The quantitative estimate of drug-likeness (QED) is 0.806. The second-order valence-electron chi connectivity index (χ2n) is 4.01. The van der Waals surface area contributed by atoms with Crippen LogP contribution in [0, 0.1) is 0 Å². The Morgan fingerprint density at radius 3 is 2.56 bits per heavy atom. The minimum Gasteiger partial charge on any atom is -0.399 e. The summed E-state index contributed by atoms with van der Waals surface area (Å²) >= 11 is 0. The van der Waals surface area contributed by atoms with Crippen molar-refractivity contribution in [3.05, 3.63) is 42.2 Å². The van der Waals surface area contributed by atoms with Crippen molar-refractivity contribution in [1.29, 1.82) is 0 Å². The van der Waals surface area contributed by atoms with Crippen molar-refractivity contribution in [3.63, 3.8) is 0 Å². The summed E-state index contributed by atoms with van der Waals surface area (Å²) in [5.41, 5.74) is 7.28. The van der Waals surface area contributed by atoms with Gasteiger partial charge in [0.1, 0.15) is 0 Å². The van der Waals surface area contributed by atoms with Crippen LogP contribution in [0.2, 0.25) is 0 Å². The fraction of sp³-hybridized carbons (Fsp3) is 0.182. The van der Waals surface area contributed by atoms with Crippen LogP contribution < -0.4 is 10.5 Å². The number of benzene rings is 1. The number of rotatable bonds is 4. The van der Waals surface area contributed by atoms with E-state index >= 15 is 0 Å². The Hall–Kier alpha value is -2.02. The highest BCUT2D eigenvalue weighted by atomic mass is 32.2. The largest absolute Gasteiger partial charge is 0.399 e. The molecule has 0 fully saturated rings. The molecule has 0 saturated heterocycles. The zero-order valence-corrected chi connectivity index (χ0v) is 10.7. The molecule has 0 unspecified atom stereocenters. The van der Waals surface area contributed by atoms with E-state index in [-0.39, 0.29) is 5.75 Å². The van der Waals surface area contributed by atoms with E-state index in [9.17, 15) is 8.42 Å². The summed E-state index contributed by atoms with van der Waals surface area (Å²) in [7, 11) is -1.71. The summed E-state index contributed by atoms with van der Waals surface area (Å²) < 4.78 is 27.8. The van der Waals surface area contributed by atoms with Crippen molar-refractivity contribution >= 4 is 21.4 Å². The molecular weight excluding hydrogens is 252 g/mol. The maximum atomic E-state index is 11.9. The third-order valence-corrected chi connectivity index (χ3v) is 3.57. The molecule has 6 nitrogen and oxygen atoms in total. The molecule has 2 aromatic rings. The number of nitrogens with zero attached hydrogens (tertiary/aromatic N) is 2. The Morgan fingerprint density at radius 1 is 1.33 bits per heavy atom. The normalized spacial score (nSPS) is 11.4. The van der Waals surface area contributed by atoms with Crippen molar-refractivity contribution in [2.24, 2.45) is 7.05 Å². The van der Waals surface area contributed by atoms with E-state index in [1.54, 1.807) is 37.5 Å². The fourth-order valence-electron chi connectivity index (χ4n) is 1.52. The topological polar surface area (TPSA) is 90.0 Å². The molecule has 0 radical (unpaired) electrons. The number of hydrogen-bond donors (Lipinski definition) is 2. The van der Waals surface area contributed by atoms with Gasteiger partial charge in [0.15, 0.2) is 0 Å². The summed E-state index contributed by atoms with van der Waals surface area (Å²) in [5, 5.41) is 3.89. The van der Waals surface area contributed by atoms with Gasteiger partial charge in [-0.15, -0.1) is 0 Å². The minimum absolute atomic E-state index is 0.0951. The third kappa shape index (κ3) is 3.24. The molecule has 1 heterocycles. The molecule has 0 amide bonds. The number of aromatic nitrogens is 2. The van der Waals surface area contributed by atoms with Crippen molar-refractivity contribution in [2.45, 2.75) is 5.75 Å². The first-order valence-corrected chi connectivity index (χ1v) is 6.93. The number of nitrogens with one attached hydrogen (secondary N) is 1. The molecular formula is C11H14N4O2S. The lowest BCUT2D eigenvalue weighted by Crippen LogP contribution is -2.14. The van der Waals surface area contributed by atoms with E-state index in [0.29, 0.717) is 16.9 Å². The molecule has 0 aliphatic rings. The highest BCUT2D eigenvalue weighted by Gasteiger charge is 2.12. The molecule has 0 saturated carbocycles. The summed E-state index contributed by atoms with van der Waals surface area (Å²) in [4.78, 5) is 0. The maximum absolute atomic E-state index is 11.9. The van der Waals surface area contributed by atoms with Gasteiger partial charge in [0, 0.05) is 18.9 Å². The summed E-state index contributed by atoms with van der Waals surface area (Å²) in [6, 6.07) is 6.74. The van der Waals surface area contributed by atoms with Gasteiger partial charge in [-0.1, -0.05) is 12.1 Å². The molecule has 2 rings (SSSR count). The van der Waals surface area contributed by atoms with E-state index in [1.807, 2.05) is 0 Å². The lowest BCUT2D eigenvalue weighted by Gasteiger charge is -2.06. The Kier molecular flexibility index (Phi) is 3.24. The van der Waals surface area contributed by atoms with Gasteiger partial charge >= 0.3 is 0 Å². The predicted molar refractivity (Wildman–Crippen MR) is 70.3 cm³/mol. The highest BCUT2D eigenvalue weighted by molar-refractivity contribution is 7.91. The lowest BCUT2D eigenvalue weighted by atomic mass is 10.2. The SMILES string of the molecule is Cn1cc(NS(=O)(=O)Cc2ccc(N)cc2)cn1. The summed E-state index contributed by atoms with van der Waals surface area (Å²) in [5.74, 6) is -0.0951. The number of anilines is 2. The van der Waals surface area contributed by atoms with E-state index in [1.165, 1.54) is 10.9 Å². The number of aryl methyl sites for hydroxylation is 1. The van der Waals surface area contributed by atoms with E-state index in [4.69, 9.17) is 5.73 Å². The summed E-state index contributed by atoms with van der Waals surface area (Å²) in [6.07, 6.45) is 3.06. The molecule has 0 aliphatic carbocycles. The molecule has 0 atom stereocenters. The van der Waals surface area contributed by atoms with Gasteiger partial charge in [-0.25, -0.2) is 8.42 Å². The Morgan fingerprint density at radius 2 is 2.00 bits per heavy atom. The minimum atomic E-state index is -3.43. The standard InChI is InChI=1S/C11H14N4O2S/c1-15-7-11(6-13-15)14-18(16,17)8-9-2-4-10(12)5-3-9/h2-7,14H,8,12H2,1H3. The van der Waals surface area contributed by atoms with Crippen LogP contribution in [0.5, 0.6) is 0 Å². The van der Waals surface area contributed by atoms with Crippen LogP contribution in [-0.2, 0) is 22.8 Å². The van der Waals surface area contributed by atoms with Gasteiger partial charge in [-0.05, 0) is 17.7 Å². The van der Waals surface area contributed by atoms with Crippen LogP contribution in [-0.4, -0.2) is 18.2 Å². The number of sulfonamides is 1. The third-order valence-electron chi connectivity index (χ3n) is 2.31. The zero-order chi connectivity index (χ0) is 13.2. The monoisotopic (exact) mass is 266 g/mol. The molecule has 0 aliphatic heterocycles. The maximum Gasteiger partial charge on any atom is 0.237 e. The molecule has 0 spiro atoms. The zero-order valence-electron chi connectivity index (χ0n) is 9.87. The molecule has 0 bridgehead atoms. The lowest BCUT2D eigenvalue weighted by molar-refractivity contribution is 0.600. The second kappa shape index (κ2) is 4.69. The van der Waals surface area contributed by atoms with E-state index in [0.717, 1.165) is 0 Å². The molecule has 7 heteroatoms. The van der Waals surface area contributed by atoms with Crippen molar-refractivity contribution in [2.75, 3.05) is 10.5 Å². The smallest absolute Gasteiger partial charge is 0.237 e.